The first-order chi connectivity index (χ1) is 9.27. The fourth-order valence-corrected chi connectivity index (χ4v) is 2.73. The minimum absolute atomic E-state index is 0.0679. The van der Waals surface area contributed by atoms with Gasteiger partial charge in [0.05, 0.1) is 18.3 Å². The number of nitrogens with zero attached hydrogens (tertiary/aromatic N) is 1. The monoisotopic (exact) mass is 399 g/mol. The summed E-state index contributed by atoms with van der Waals surface area (Å²) in [6.07, 6.45) is -4.55. The molecule has 1 amide bonds. The fourth-order valence-electron chi connectivity index (χ4n) is 2.06. The fraction of sp³-hybridized carbons (Fsp3) is 0.462. The minimum Gasteiger partial charge on any atom is -0.375 e. The zero-order valence-corrected chi connectivity index (χ0v) is 12.9. The van der Waals surface area contributed by atoms with Gasteiger partial charge in [0, 0.05) is 22.2 Å². The Morgan fingerprint density at radius 2 is 2.10 bits per heavy atom. The topological polar surface area (TPSA) is 29.5 Å². The molecule has 1 aromatic carbocycles. The summed E-state index contributed by atoms with van der Waals surface area (Å²) in [6, 6.07) is 3.40. The number of benzene rings is 1. The van der Waals surface area contributed by atoms with Gasteiger partial charge in [-0.1, -0.05) is 0 Å². The van der Waals surface area contributed by atoms with Crippen molar-refractivity contribution in [3.05, 3.63) is 32.9 Å². The molecule has 1 aliphatic rings. The number of amides is 1. The number of alkyl halides is 3. The Kier molecular flexibility index (Phi) is 4.58. The summed E-state index contributed by atoms with van der Waals surface area (Å²) >= 11 is 1.78. The Morgan fingerprint density at radius 3 is 2.70 bits per heavy atom. The van der Waals surface area contributed by atoms with Crippen LogP contribution in [0.5, 0.6) is 0 Å². The Balaban J connectivity index is 2.28. The van der Waals surface area contributed by atoms with E-state index in [-0.39, 0.29) is 17.6 Å². The number of hydrogen-bond donors (Lipinski definition) is 0. The van der Waals surface area contributed by atoms with Crippen LogP contribution in [0.3, 0.4) is 0 Å². The van der Waals surface area contributed by atoms with E-state index in [9.17, 15) is 18.0 Å². The third kappa shape index (κ3) is 3.63. The molecule has 110 valence electrons. The molecule has 1 aliphatic heterocycles. The molecular formula is C13H13F3INO2. The molecule has 1 saturated heterocycles. The van der Waals surface area contributed by atoms with Gasteiger partial charge < -0.3 is 9.64 Å². The van der Waals surface area contributed by atoms with Crippen molar-refractivity contribution >= 4 is 28.5 Å². The third-order valence-corrected chi connectivity index (χ3v) is 3.62. The molecule has 0 aromatic heterocycles. The van der Waals surface area contributed by atoms with E-state index < -0.39 is 11.7 Å². The SMILES string of the molecule is C[C@@H]1CN(C(=O)c2cc(I)cc(C(F)(F)F)c2)CCO1. The van der Waals surface area contributed by atoms with Crippen molar-refractivity contribution in [2.24, 2.45) is 0 Å². The van der Waals surface area contributed by atoms with Crippen molar-refractivity contribution in [1.82, 2.24) is 4.90 Å². The van der Waals surface area contributed by atoms with Crippen LogP contribution in [0, 0.1) is 3.57 Å². The van der Waals surface area contributed by atoms with Crippen molar-refractivity contribution in [2.75, 3.05) is 19.7 Å². The highest BCUT2D eigenvalue weighted by molar-refractivity contribution is 14.1. The lowest BCUT2D eigenvalue weighted by atomic mass is 10.1. The number of ether oxygens (including phenoxy) is 1. The summed E-state index contributed by atoms with van der Waals surface area (Å²) in [5.41, 5.74) is -0.729. The molecule has 2 rings (SSSR count). The summed E-state index contributed by atoms with van der Waals surface area (Å²) in [5.74, 6) is -0.385. The van der Waals surface area contributed by atoms with Crippen LogP contribution >= 0.6 is 22.6 Å². The van der Waals surface area contributed by atoms with E-state index in [0.29, 0.717) is 23.3 Å². The quantitative estimate of drug-likeness (QED) is 0.680. The van der Waals surface area contributed by atoms with E-state index in [1.165, 1.54) is 11.0 Å². The molecule has 1 fully saturated rings. The van der Waals surface area contributed by atoms with Crippen LogP contribution in [0.1, 0.15) is 22.8 Å². The first kappa shape index (κ1) is 15.6. The Hall–Kier alpha value is -0.830. The smallest absolute Gasteiger partial charge is 0.375 e. The highest BCUT2D eigenvalue weighted by Crippen LogP contribution is 2.31. The first-order valence-electron chi connectivity index (χ1n) is 6.06. The van der Waals surface area contributed by atoms with Crippen LogP contribution in [-0.2, 0) is 10.9 Å². The van der Waals surface area contributed by atoms with Gasteiger partial charge in [-0.15, -0.1) is 0 Å². The van der Waals surface area contributed by atoms with E-state index in [2.05, 4.69) is 0 Å². The molecule has 7 heteroatoms. The average molecular weight is 399 g/mol. The number of halogens is 4. The number of hydrogen-bond acceptors (Lipinski definition) is 2. The van der Waals surface area contributed by atoms with E-state index >= 15 is 0 Å². The Bertz CT molecular complexity index is 519. The molecule has 0 unspecified atom stereocenters. The van der Waals surface area contributed by atoms with Crippen molar-refractivity contribution in [3.63, 3.8) is 0 Å². The molecule has 0 aliphatic carbocycles. The van der Waals surface area contributed by atoms with Crippen molar-refractivity contribution in [3.8, 4) is 0 Å². The van der Waals surface area contributed by atoms with Gasteiger partial charge in [0.1, 0.15) is 0 Å². The molecule has 20 heavy (non-hydrogen) atoms. The molecule has 1 aromatic rings. The van der Waals surface area contributed by atoms with Gasteiger partial charge in [-0.3, -0.25) is 4.79 Å². The Morgan fingerprint density at radius 1 is 1.40 bits per heavy atom. The van der Waals surface area contributed by atoms with Crippen LogP contribution in [-0.4, -0.2) is 36.6 Å². The normalized spacial score (nSPS) is 20.1. The number of rotatable bonds is 1. The van der Waals surface area contributed by atoms with E-state index in [0.717, 1.165) is 12.1 Å². The van der Waals surface area contributed by atoms with Crippen molar-refractivity contribution in [2.45, 2.75) is 19.2 Å². The largest absolute Gasteiger partial charge is 0.416 e. The summed E-state index contributed by atoms with van der Waals surface area (Å²) in [6.45, 7) is 3.03. The van der Waals surface area contributed by atoms with Gasteiger partial charge >= 0.3 is 6.18 Å². The predicted molar refractivity (Wildman–Crippen MR) is 75.5 cm³/mol. The molecular weight excluding hydrogens is 386 g/mol. The molecule has 1 atom stereocenters. The van der Waals surface area contributed by atoms with E-state index in [4.69, 9.17) is 4.74 Å². The lowest BCUT2D eigenvalue weighted by Gasteiger charge is -2.31. The molecule has 0 radical (unpaired) electrons. The summed E-state index contributed by atoms with van der Waals surface area (Å²) < 4.78 is 44.0. The van der Waals surface area contributed by atoms with Crippen LogP contribution < -0.4 is 0 Å². The molecule has 0 spiro atoms. The minimum atomic E-state index is -4.45. The van der Waals surface area contributed by atoms with Gasteiger partial charge in [-0.25, -0.2) is 0 Å². The summed E-state index contributed by atoms with van der Waals surface area (Å²) in [4.78, 5) is 13.8. The van der Waals surface area contributed by atoms with Gasteiger partial charge in [0.15, 0.2) is 0 Å². The highest BCUT2D eigenvalue weighted by atomic mass is 127. The first-order valence-corrected chi connectivity index (χ1v) is 7.14. The van der Waals surface area contributed by atoms with Crippen LogP contribution in [0.15, 0.2) is 18.2 Å². The zero-order chi connectivity index (χ0) is 14.9. The Labute approximate surface area is 128 Å². The lowest BCUT2D eigenvalue weighted by Crippen LogP contribution is -2.44. The summed E-state index contributed by atoms with van der Waals surface area (Å²) in [7, 11) is 0. The van der Waals surface area contributed by atoms with Crippen LogP contribution in [0.4, 0.5) is 13.2 Å². The van der Waals surface area contributed by atoms with Gasteiger partial charge in [0.2, 0.25) is 0 Å². The van der Waals surface area contributed by atoms with Gasteiger partial charge in [0.25, 0.3) is 5.91 Å². The second-order valence-corrected chi connectivity index (χ2v) is 5.90. The molecule has 0 saturated carbocycles. The van der Waals surface area contributed by atoms with Gasteiger partial charge in [-0.2, -0.15) is 13.2 Å². The molecule has 1 heterocycles. The summed E-state index contributed by atoms with van der Waals surface area (Å²) in [5, 5.41) is 0. The van der Waals surface area contributed by atoms with E-state index in [1.807, 2.05) is 6.92 Å². The third-order valence-electron chi connectivity index (χ3n) is 3.00. The van der Waals surface area contributed by atoms with Crippen LogP contribution in [0.2, 0.25) is 0 Å². The zero-order valence-electron chi connectivity index (χ0n) is 10.7. The maximum atomic E-state index is 12.8. The lowest BCUT2D eigenvalue weighted by molar-refractivity contribution is -0.137. The second kappa shape index (κ2) is 5.88. The number of carbonyl (C=O) groups excluding carboxylic acids is 1. The number of carbonyl (C=O) groups is 1. The molecule has 0 bridgehead atoms. The number of morpholine rings is 1. The standard InChI is InChI=1S/C13H13F3INO2/c1-8-7-18(2-3-20-8)12(19)9-4-10(13(14,15)16)6-11(17)5-9/h4-6,8H,2-3,7H2,1H3/t8-/m1/s1. The van der Waals surface area contributed by atoms with Gasteiger partial charge in [-0.05, 0) is 47.7 Å². The predicted octanol–water partition coefficient (Wildman–Crippen LogP) is 3.17. The average Bonchev–Trinajstić information content (AvgIpc) is 2.36. The van der Waals surface area contributed by atoms with E-state index in [1.54, 1.807) is 22.6 Å². The maximum Gasteiger partial charge on any atom is 0.416 e. The molecule has 0 N–H and O–H groups in total. The highest BCUT2D eigenvalue weighted by Gasteiger charge is 2.32. The second-order valence-electron chi connectivity index (χ2n) is 4.66. The van der Waals surface area contributed by atoms with Crippen molar-refractivity contribution in [1.29, 1.82) is 0 Å². The maximum absolute atomic E-state index is 12.8. The van der Waals surface area contributed by atoms with Crippen molar-refractivity contribution < 1.29 is 22.7 Å². The molecule has 3 nitrogen and oxygen atoms in total. The van der Waals surface area contributed by atoms with Crippen LogP contribution in [0.25, 0.3) is 0 Å².